The van der Waals surface area contributed by atoms with Crippen LogP contribution in [0.15, 0.2) is 24.3 Å². The van der Waals surface area contributed by atoms with E-state index >= 15 is 0 Å². The van der Waals surface area contributed by atoms with Gasteiger partial charge in [0, 0.05) is 38.7 Å². The summed E-state index contributed by atoms with van der Waals surface area (Å²) in [5.41, 5.74) is 12.6. The zero-order chi connectivity index (χ0) is 28.4. The summed E-state index contributed by atoms with van der Waals surface area (Å²) in [6.07, 6.45) is -0.602. The number of nitrogen functional groups attached to an aromatic ring is 2. The SMILES string of the molecule is CC(=O)N(C)C.Nc1nc(N)c2nc(CNc3ccc(C(=O)NC(CCC(=O)O)C(=O)O)cc3)nnc2n1. The van der Waals surface area contributed by atoms with Crippen molar-refractivity contribution in [2.24, 2.45) is 0 Å². The van der Waals surface area contributed by atoms with Gasteiger partial charge in [-0.05, 0) is 30.7 Å². The van der Waals surface area contributed by atoms with E-state index in [9.17, 15) is 19.2 Å². The maximum atomic E-state index is 12.3. The van der Waals surface area contributed by atoms with Gasteiger partial charge in [-0.15, -0.1) is 10.2 Å². The fraction of sp³-hybridized carbons (Fsp3) is 0.318. The highest BCUT2D eigenvalue weighted by atomic mass is 16.4. The van der Waals surface area contributed by atoms with E-state index in [-0.39, 0.29) is 53.8 Å². The number of carboxylic acid groups (broad SMARTS) is 2. The first-order chi connectivity index (χ1) is 17.9. The molecule has 0 fully saturated rings. The van der Waals surface area contributed by atoms with Gasteiger partial charge >= 0.3 is 11.9 Å². The molecule has 2 aromatic heterocycles. The minimum Gasteiger partial charge on any atom is -0.481 e. The molecule has 16 nitrogen and oxygen atoms in total. The summed E-state index contributed by atoms with van der Waals surface area (Å²) in [7, 11) is 3.45. The Kier molecular flexibility index (Phi) is 10.1. The lowest BCUT2D eigenvalue weighted by molar-refractivity contribution is -0.140. The van der Waals surface area contributed by atoms with Crippen molar-refractivity contribution in [2.75, 3.05) is 30.9 Å². The second-order valence-corrected chi connectivity index (χ2v) is 8.01. The van der Waals surface area contributed by atoms with E-state index in [2.05, 4.69) is 35.8 Å². The molecule has 2 heterocycles. The molecular weight excluding hydrogens is 500 g/mol. The van der Waals surface area contributed by atoms with Crippen LogP contribution < -0.4 is 22.1 Å². The van der Waals surface area contributed by atoms with Crippen LogP contribution in [0.25, 0.3) is 11.2 Å². The lowest BCUT2D eigenvalue weighted by Gasteiger charge is -2.14. The number of nitrogens with zero attached hydrogens (tertiary/aromatic N) is 6. The lowest BCUT2D eigenvalue weighted by Crippen LogP contribution is -2.41. The number of aliphatic carboxylic acids is 2. The normalized spacial score (nSPS) is 11.0. The number of rotatable bonds is 9. The summed E-state index contributed by atoms with van der Waals surface area (Å²) in [5, 5.41) is 31.1. The number of benzene rings is 1. The Labute approximate surface area is 216 Å². The van der Waals surface area contributed by atoms with E-state index in [0.29, 0.717) is 11.5 Å². The Balaban J connectivity index is 0.000000757. The van der Waals surface area contributed by atoms with Crippen molar-refractivity contribution in [1.29, 1.82) is 0 Å². The van der Waals surface area contributed by atoms with Crippen LogP contribution in [-0.2, 0) is 20.9 Å². The Morgan fingerprint density at radius 3 is 2.18 bits per heavy atom. The number of fused-ring (bicyclic) bond motifs is 1. The maximum absolute atomic E-state index is 12.3. The monoisotopic (exact) mass is 528 g/mol. The predicted octanol–water partition coefficient (Wildman–Crippen LogP) is -0.266. The second-order valence-electron chi connectivity index (χ2n) is 8.01. The summed E-state index contributed by atoms with van der Waals surface area (Å²) in [4.78, 5) is 57.7. The van der Waals surface area contributed by atoms with Crippen LogP contribution >= 0.6 is 0 Å². The van der Waals surface area contributed by atoms with Crippen LogP contribution in [-0.4, -0.2) is 84.2 Å². The van der Waals surface area contributed by atoms with Crippen LogP contribution in [0.1, 0.15) is 35.9 Å². The molecular formula is C22H28N10O6. The summed E-state index contributed by atoms with van der Waals surface area (Å²) >= 11 is 0. The summed E-state index contributed by atoms with van der Waals surface area (Å²) in [6, 6.07) is 4.88. The molecule has 3 aromatic rings. The third kappa shape index (κ3) is 8.81. The molecule has 0 radical (unpaired) electrons. The molecule has 0 aliphatic heterocycles. The summed E-state index contributed by atoms with van der Waals surface area (Å²) in [5.74, 6) is -2.62. The molecule has 1 unspecified atom stereocenters. The topological polar surface area (TPSA) is 253 Å². The number of nitrogens with two attached hydrogens (primary N) is 2. The number of carbonyl (C=O) groups excluding carboxylic acids is 2. The maximum Gasteiger partial charge on any atom is 0.326 e. The second kappa shape index (κ2) is 13.2. The van der Waals surface area contributed by atoms with Gasteiger partial charge in [0.2, 0.25) is 17.5 Å². The van der Waals surface area contributed by atoms with Crippen molar-refractivity contribution in [3.63, 3.8) is 0 Å². The lowest BCUT2D eigenvalue weighted by atomic mass is 10.1. The molecule has 38 heavy (non-hydrogen) atoms. The quantitative estimate of drug-likeness (QED) is 0.209. The first-order valence-corrected chi connectivity index (χ1v) is 11.1. The van der Waals surface area contributed by atoms with Crippen molar-refractivity contribution in [1.82, 2.24) is 35.4 Å². The van der Waals surface area contributed by atoms with Crippen LogP contribution in [0.4, 0.5) is 17.5 Å². The Morgan fingerprint density at radius 1 is 1.00 bits per heavy atom. The van der Waals surface area contributed by atoms with Crippen molar-refractivity contribution < 1.29 is 29.4 Å². The van der Waals surface area contributed by atoms with E-state index < -0.39 is 23.9 Å². The highest BCUT2D eigenvalue weighted by Gasteiger charge is 2.21. The average molecular weight is 529 g/mol. The summed E-state index contributed by atoms with van der Waals surface area (Å²) < 4.78 is 0. The fourth-order valence-electron chi connectivity index (χ4n) is 2.67. The molecule has 0 aliphatic rings. The molecule has 0 saturated carbocycles. The van der Waals surface area contributed by atoms with Gasteiger partial charge in [0.25, 0.3) is 5.91 Å². The molecule has 16 heteroatoms. The van der Waals surface area contributed by atoms with Crippen LogP contribution in [0.2, 0.25) is 0 Å². The molecule has 202 valence electrons. The van der Waals surface area contributed by atoms with Gasteiger partial charge in [0.1, 0.15) is 6.04 Å². The number of hydrogen-bond donors (Lipinski definition) is 6. The number of anilines is 3. The van der Waals surface area contributed by atoms with Crippen molar-refractivity contribution in [2.45, 2.75) is 32.4 Å². The van der Waals surface area contributed by atoms with Gasteiger partial charge in [-0.1, -0.05) is 0 Å². The van der Waals surface area contributed by atoms with Crippen molar-refractivity contribution in [3.8, 4) is 0 Å². The van der Waals surface area contributed by atoms with Gasteiger partial charge in [0.05, 0.1) is 6.54 Å². The predicted molar refractivity (Wildman–Crippen MR) is 136 cm³/mol. The molecule has 1 aromatic carbocycles. The van der Waals surface area contributed by atoms with E-state index in [1.807, 2.05) is 0 Å². The third-order valence-electron chi connectivity index (χ3n) is 4.89. The first kappa shape index (κ1) is 29.1. The molecule has 1 atom stereocenters. The van der Waals surface area contributed by atoms with Crippen LogP contribution in [0.3, 0.4) is 0 Å². The molecule has 0 aliphatic carbocycles. The number of aromatic nitrogens is 5. The Bertz CT molecular complexity index is 1320. The van der Waals surface area contributed by atoms with E-state index in [1.165, 1.54) is 24.0 Å². The molecule has 3 rings (SSSR count). The van der Waals surface area contributed by atoms with Gasteiger partial charge in [-0.25, -0.2) is 9.78 Å². The van der Waals surface area contributed by atoms with E-state index in [0.717, 1.165) is 0 Å². The van der Waals surface area contributed by atoms with Crippen molar-refractivity contribution >= 4 is 52.4 Å². The summed E-state index contributed by atoms with van der Waals surface area (Å²) in [6.45, 7) is 1.72. The molecule has 0 saturated heterocycles. The fourth-order valence-corrected chi connectivity index (χ4v) is 2.67. The van der Waals surface area contributed by atoms with Crippen LogP contribution in [0, 0.1) is 0 Å². The van der Waals surface area contributed by atoms with Gasteiger partial charge in [0.15, 0.2) is 17.2 Å². The number of amides is 2. The van der Waals surface area contributed by atoms with Gasteiger partial charge in [-0.3, -0.25) is 14.4 Å². The Morgan fingerprint density at radius 2 is 1.63 bits per heavy atom. The number of carboxylic acids is 2. The van der Waals surface area contributed by atoms with Gasteiger partial charge in [-0.2, -0.15) is 9.97 Å². The molecule has 0 spiro atoms. The highest BCUT2D eigenvalue weighted by molar-refractivity contribution is 5.97. The highest BCUT2D eigenvalue weighted by Crippen LogP contribution is 2.15. The van der Waals surface area contributed by atoms with Crippen LogP contribution in [0.5, 0.6) is 0 Å². The smallest absolute Gasteiger partial charge is 0.326 e. The van der Waals surface area contributed by atoms with E-state index in [1.54, 1.807) is 26.2 Å². The number of carbonyl (C=O) groups is 4. The number of hydrogen-bond acceptors (Lipinski definition) is 12. The number of nitrogens with one attached hydrogen (secondary N) is 2. The Hall–Kier alpha value is -5.15. The first-order valence-electron chi connectivity index (χ1n) is 11.1. The van der Waals surface area contributed by atoms with Gasteiger partial charge < -0.3 is 37.2 Å². The zero-order valence-electron chi connectivity index (χ0n) is 20.9. The zero-order valence-corrected chi connectivity index (χ0v) is 20.9. The minimum absolute atomic E-state index is 0.0299. The largest absolute Gasteiger partial charge is 0.481 e. The standard InChI is InChI=1S/C18H19N9O5.C4H9NO/c19-14-13-15(25-18(20)24-14)27-26-11(23-13)7-21-9-3-1-8(2-4-9)16(30)22-10(17(31)32)5-6-12(28)29;1-4(6)5(2)3/h1-4,10,21H,5-7H2,(H,22,30)(H,28,29)(H,31,32)(H4,19,20,24,25,27);1-3H3. The molecule has 2 amide bonds. The molecule has 8 N–H and O–H groups in total. The van der Waals surface area contributed by atoms with E-state index in [4.69, 9.17) is 21.7 Å². The molecule has 0 bridgehead atoms. The third-order valence-corrected chi connectivity index (χ3v) is 4.89. The average Bonchev–Trinajstić information content (AvgIpc) is 2.85. The minimum atomic E-state index is -1.31. The van der Waals surface area contributed by atoms with Crippen molar-refractivity contribution in [3.05, 3.63) is 35.7 Å².